The molecule has 1 aliphatic rings. The van der Waals surface area contributed by atoms with Crippen molar-refractivity contribution in [2.75, 3.05) is 17.6 Å². The number of nitrogens with one attached hydrogen (secondary N) is 1. The zero-order valence-electron chi connectivity index (χ0n) is 8.67. The summed E-state index contributed by atoms with van der Waals surface area (Å²) in [5.74, 6) is 0.930. The second-order valence-electron chi connectivity index (χ2n) is 4.10. The smallest absolute Gasteiger partial charge is 0.0750 e. The van der Waals surface area contributed by atoms with E-state index < -0.39 is 0 Å². The van der Waals surface area contributed by atoms with E-state index in [0.29, 0.717) is 5.69 Å². The second-order valence-corrected chi connectivity index (χ2v) is 4.95. The Kier molecular flexibility index (Phi) is 3.46. The van der Waals surface area contributed by atoms with Gasteiger partial charge >= 0.3 is 0 Å². The molecule has 82 valence electrons. The lowest BCUT2D eigenvalue weighted by atomic mass is 9.83. The van der Waals surface area contributed by atoms with Crippen LogP contribution in [0.25, 0.3) is 0 Å². The molecule has 15 heavy (non-hydrogen) atoms. The van der Waals surface area contributed by atoms with Crippen molar-refractivity contribution >= 4 is 27.3 Å². The second kappa shape index (κ2) is 4.84. The van der Waals surface area contributed by atoms with Crippen LogP contribution in [0.5, 0.6) is 0 Å². The highest BCUT2D eigenvalue weighted by Crippen LogP contribution is 2.31. The molecule has 1 saturated carbocycles. The van der Waals surface area contributed by atoms with Crippen LogP contribution in [0.4, 0.5) is 11.4 Å². The third-order valence-corrected chi connectivity index (χ3v) is 3.61. The average molecular weight is 270 g/mol. The van der Waals surface area contributed by atoms with Crippen molar-refractivity contribution in [2.45, 2.75) is 25.7 Å². The highest BCUT2D eigenvalue weighted by atomic mass is 79.9. The van der Waals surface area contributed by atoms with Gasteiger partial charge < -0.3 is 11.1 Å². The summed E-state index contributed by atoms with van der Waals surface area (Å²) in [5, 5.41) is 3.37. The van der Waals surface area contributed by atoms with Crippen LogP contribution in [0.15, 0.2) is 16.9 Å². The maximum Gasteiger partial charge on any atom is 0.0750 e. The molecule has 0 radical (unpaired) electrons. The van der Waals surface area contributed by atoms with E-state index >= 15 is 0 Å². The number of hydrogen-bond donors (Lipinski definition) is 2. The van der Waals surface area contributed by atoms with Gasteiger partial charge in [0, 0.05) is 12.7 Å². The number of hydrogen-bond acceptors (Lipinski definition) is 3. The molecule has 0 bridgehead atoms. The molecule has 1 aromatic heterocycles. The van der Waals surface area contributed by atoms with Crippen molar-refractivity contribution in [1.82, 2.24) is 4.98 Å². The molecular formula is C11H16BrN3. The number of nitrogens with two attached hydrogens (primary N) is 1. The lowest BCUT2D eigenvalue weighted by Gasteiger charge is -2.25. The van der Waals surface area contributed by atoms with Gasteiger partial charge in [0.05, 0.1) is 22.0 Å². The maximum absolute atomic E-state index is 5.83. The lowest BCUT2D eigenvalue weighted by Crippen LogP contribution is -2.16. The number of pyridine rings is 1. The molecule has 3 N–H and O–H groups in total. The van der Waals surface area contributed by atoms with Crippen LogP contribution in [-0.4, -0.2) is 11.5 Å². The Hall–Kier alpha value is -0.770. The molecule has 0 amide bonds. The average Bonchev–Trinajstić information content (AvgIpc) is 2.13. The van der Waals surface area contributed by atoms with Gasteiger partial charge in [0.25, 0.3) is 0 Å². The Morgan fingerprint density at radius 2 is 2.27 bits per heavy atom. The first-order valence-electron chi connectivity index (χ1n) is 5.40. The van der Waals surface area contributed by atoms with Crippen molar-refractivity contribution in [2.24, 2.45) is 5.92 Å². The molecule has 0 spiro atoms. The summed E-state index contributed by atoms with van der Waals surface area (Å²) in [6, 6.07) is 0. The molecule has 0 aromatic carbocycles. The summed E-state index contributed by atoms with van der Waals surface area (Å²) in [6.45, 7) is 0.997. The number of aromatic nitrogens is 1. The maximum atomic E-state index is 5.83. The zero-order valence-corrected chi connectivity index (χ0v) is 10.3. The molecule has 1 fully saturated rings. The van der Waals surface area contributed by atoms with E-state index in [4.69, 9.17) is 5.73 Å². The minimum absolute atomic E-state index is 0.706. The standard InChI is InChI=1S/C11H16BrN3/c12-9-6-14-7-10(13)11(9)15-5-4-8-2-1-3-8/h6-8H,1-5,13H2,(H,14,15). The molecule has 1 aliphatic carbocycles. The Bertz CT molecular complexity index is 316. The quantitative estimate of drug-likeness (QED) is 0.884. The zero-order chi connectivity index (χ0) is 10.7. The van der Waals surface area contributed by atoms with Gasteiger partial charge in [-0.05, 0) is 28.3 Å². The summed E-state index contributed by atoms with van der Waals surface area (Å²) in [6.07, 6.45) is 8.89. The molecule has 2 rings (SSSR count). The summed E-state index contributed by atoms with van der Waals surface area (Å²) >= 11 is 3.44. The van der Waals surface area contributed by atoms with Gasteiger partial charge in [-0.2, -0.15) is 0 Å². The summed E-state index contributed by atoms with van der Waals surface area (Å²) in [7, 11) is 0. The van der Waals surface area contributed by atoms with Crippen molar-refractivity contribution in [3.8, 4) is 0 Å². The Balaban J connectivity index is 1.86. The fourth-order valence-corrected chi connectivity index (χ4v) is 2.31. The molecular weight excluding hydrogens is 254 g/mol. The van der Waals surface area contributed by atoms with Crippen LogP contribution in [0.1, 0.15) is 25.7 Å². The monoisotopic (exact) mass is 269 g/mol. The molecule has 1 aromatic rings. The van der Waals surface area contributed by atoms with Crippen LogP contribution >= 0.6 is 15.9 Å². The fourth-order valence-electron chi connectivity index (χ4n) is 1.82. The van der Waals surface area contributed by atoms with Crippen LogP contribution in [0, 0.1) is 5.92 Å². The van der Waals surface area contributed by atoms with Crippen LogP contribution in [0.3, 0.4) is 0 Å². The van der Waals surface area contributed by atoms with Crippen molar-refractivity contribution in [1.29, 1.82) is 0 Å². The first-order valence-corrected chi connectivity index (χ1v) is 6.19. The topological polar surface area (TPSA) is 50.9 Å². The highest BCUT2D eigenvalue weighted by molar-refractivity contribution is 9.10. The molecule has 1 heterocycles. The summed E-state index contributed by atoms with van der Waals surface area (Å²) < 4.78 is 0.941. The van der Waals surface area contributed by atoms with Crippen LogP contribution in [0.2, 0.25) is 0 Å². The Morgan fingerprint density at radius 3 is 2.87 bits per heavy atom. The van der Waals surface area contributed by atoms with Gasteiger partial charge in [-0.25, -0.2) is 0 Å². The lowest BCUT2D eigenvalue weighted by molar-refractivity contribution is 0.303. The van der Waals surface area contributed by atoms with E-state index in [1.165, 1.54) is 25.7 Å². The number of nitrogens with zero attached hydrogens (tertiary/aromatic N) is 1. The van der Waals surface area contributed by atoms with Gasteiger partial charge in [0.1, 0.15) is 0 Å². The Labute approximate surface area is 98.6 Å². The van der Waals surface area contributed by atoms with Gasteiger partial charge in [-0.15, -0.1) is 0 Å². The summed E-state index contributed by atoms with van der Waals surface area (Å²) in [5.41, 5.74) is 7.51. The van der Waals surface area contributed by atoms with E-state index in [9.17, 15) is 0 Å². The normalized spacial score (nSPS) is 16.1. The van der Waals surface area contributed by atoms with Crippen molar-refractivity contribution in [3.63, 3.8) is 0 Å². The molecule has 4 heteroatoms. The predicted octanol–water partition coefficient (Wildman–Crippen LogP) is 3.03. The van der Waals surface area contributed by atoms with E-state index in [1.807, 2.05) is 0 Å². The van der Waals surface area contributed by atoms with E-state index in [2.05, 4.69) is 26.2 Å². The summed E-state index contributed by atoms with van der Waals surface area (Å²) in [4.78, 5) is 4.00. The van der Waals surface area contributed by atoms with E-state index in [-0.39, 0.29) is 0 Å². The molecule has 0 saturated heterocycles. The van der Waals surface area contributed by atoms with Gasteiger partial charge in [-0.1, -0.05) is 19.3 Å². The van der Waals surface area contributed by atoms with Gasteiger partial charge in [-0.3, -0.25) is 4.98 Å². The minimum atomic E-state index is 0.706. The van der Waals surface area contributed by atoms with Crippen molar-refractivity contribution in [3.05, 3.63) is 16.9 Å². The SMILES string of the molecule is Nc1cncc(Br)c1NCCC1CCC1. The Morgan fingerprint density at radius 1 is 1.47 bits per heavy atom. The molecule has 0 unspecified atom stereocenters. The first-order chi connectivity index (χ1) is 7.27. The molecule has 0 atom stereocenters. The largest absolute Gasteiger partial charge is 0.396 e. The van der Waals surface area contributed by atoms with Gasteiger partial charge in [0.15, 0.2) is 0 Å². The molecule has 3 nitrogen and oxygen atoms in total. The van der Waals surface area contributed by atoms with Gasteiger partial charge in [0.2, 0.25) is 0 Å². The van der Waals surface area contributed by atoms with E-state index in [1.54, 1.807) is 12.4 Å². The molecule has 0 aliphatic heterocycles. The minimum Gasteiger partial charge on any atom is -0.396 e. The van der Waals surface area contributed by atoms with Crippen LogP contribution in [-0.2, 0) is 0 Å². The van der Waals surface area contributed by atoms with Crippen LogP contribution < -0.4 is 11.1 Å². The fraction of sp³-hybridized carbons (Fsp3) is 0.545. The third-order valence-electron chi connectivity index (χ3n) is 3.01. The number of nitrogen functional groups attached to an aromatic ring is 1. The number of anilines is 2. The number of halogens is 1. The third kappa shape index (κ3) is 2.62. The first kappa shape index (κ1) is 10.7. The predicted molar refractivity (Wildman–Crippen MR) is 66.8 cm³/mol. The number of rotatable bonds is 4. The highest BCUT2D eigenvalue weighted by Gasteiger charge is 2.16. The van der Waals surface area contributed by atoms with Crippen molar-refractivity contribution < 1.29 is 0 Å². The van der Waals surface area contributed by atoms with E-state index in [0.717, 1.165) is 22.6 Å².